The smallest absolute Gasteiger partial charge is 0.420 e. The molecule has 0 bridgehead atoms. The molecule has 0 atom stereocenters. The molecule has 0 unspecified atom stereocenters. The molecule has 2 heterocycles. The molecule has 12 heteroatoms. The standard InChI is InChI=1S/C22H13ClF6N4O/c23-13-7-11(1-2-16(13)34-17-9-30-5-4-12(17)22(27,28)29)3-6-31-21-18-19(26)14(24)8-15(25)20(18)32-10-33-21/h1-2,4-5,7-10H,3,6H2,(H,31,32,33). The molecular formula is C22H13ClF6N4O. The summed E-state index contributed by atoms with van der Waals surface area (Å²) >= 11 is 6.17. The van der Waals surface area contributed by atoms with Crippen LogP contribution in [0, 0.1) is 17.5 Å². The van der Waals surface area contributed by atoms with Gasteiger partial charge in [-0.05, 0) is 30.2 Å². The number of nitrogens with zero attached hydrogens (tertiary/aromatic N) is 3. The van der Waals surface area contributed by atoms with Crippen molar-refractivity contribution < 1.29 is 31.1 Å². The highest BCUT2D eigenvalue weighted by atomic mass is 35.5. The van der Waals surface area contributed by atoms with E-state index < -0.39 is 40.3 Å². The fraction of sp³-hybridized carbons (Fsp3) is 0.136. The Morgan fingerprint density at radius 1 is 0.971 bits per heavy atom. The van der Waals surface area contributed by atoms with Crippen molar-refractivity contribution in [2.75, 3.05) is 11.9 Å². The Bertz CT molecular complexity index is 1370. The van der Waals surface area contributed by atoms with Crippen molar-refractivity contribution in [1.82, 2.24) is 15.0 Å². The van der Waals surface area contributed by atoms with E-state index in [0.29, 0.717) is 18.1 Å². The van der Waals surface area contributed by atoms with Gasteiger partial charge < -0.3 is 10.1 Å². The number of hydrogen-bond donors (Lipinski definition) is 1. The van der Waals surface area contributed by atoms with Crippen LogP contribution >= 0.6 is 11.6 Å². The van der Waals surface area contributed by atoms with Crippen LogP contribution in [0.25, 0.3) is 10.9 Å². The van der Waals surface area contributed by atoms with Crippen LogP contribution in [0.2, 0.25) is 5.02 Å². The van der Waals surface area contributed by atoms with Crippen LogP contribution in [0.15, 0.2) is 49.1 Å². The van der Waals surface area contributed by atoms with E-state index in [-0.39, 0.29) is 28.7 Å². The zero-order valence-electron chi connectivity index (χ0n) is 16.9. The molecule has 0 aliphatic carbocycles. The van der Waals surface area contributed by atoms with Gasteiger partial charge in [0.05, 0.1) is 16.6 Å². The molecule has 0 amide bonds. The quantitative estimate of drug-likeness (QED) is 0.241. The van der Waals surface area contributed by atoms with Gasteiger partial charge in [0.1, 0.15) is 29.0 Å². The molecule has 2 aromatic carbocycles. The molecule has 4 aromatic rings. The number of aromatic nitrogens is 3. The number of anilines is 1. The lowest BCUT2D eigenvalue weighted by atomic mass is 10.1. The SMILES string of the molecule is Fc1cc(F)c2ncnc(NCCc3ccc(Oc4cnccc4C(F)(F)F)c(Cl)c3)c2c1F. The second-order valence-electron chi connectivity index (χ2n) is 7.01. The van der Waals surface area contributed by atoms with Crippen molar-refractivity contribution in [2.24, 2.45) is 0 Å². The second-order valence-corrected chi connectivity index (χ2v) is 7.42. The van der Waals surface area contributed by atoms with Gasteiger partial charge in [0.2, 0.25) is 0 Å². The van der Waals surface area contributed by atoms with Gasteiger partial charge in [-0.25, -0.2) is 23.1 Å². The molecule has 0 spiro atoms. The third kappa shape index (κ3) is 4.84. The maximum absolute atomic E-state index is 14.2. The van der Waals surface area contributed by atoms with Crippen LogP contribution in [0.5, 0.6) is 11.5 Å². The molecule has 0 saturated carbocycles. The van der Waals surface area contributed by atoms with E-state index in [4.69, 9.17) is 16.3 Å². The van der Waals surface area contributed by atoms with E-state index in [1.165, 1.54) is 12.1 Å². The Hall–Kier alpha value is -3.60. The summed E-state index contributed by atoms with van der Waals surface area (Å²) in [5.74, 6) is -4.27. The number of halogens is 7. The Morgan fingerprint density at radius 2 is 1.76 bits per heavy atom. The first-order chi connectivity index (χ1) is 16.1. The fourth-order valence-electron chi connectivity index (χ4n) is 3.19. The lowest BCUT2D eigenvalue weighted by Crippen LogP contribution is -2.09. The Balaban J connectivity index is 1.48. The van der Waals surface area contributed by atoms with Crippen molar-refractivity contribution in [3.63, 3.8) is 0 Å². The topological polar surface area (TPSA) is 59.9 Å². The number of rotatable bonds is 6. The lowest BCUT2D eigenvalue weighted by molar-refractivity contribution is -0.138. The molecule has 176 valence electrons. The Labute approximate surface area is 193 Å². The highest BCUT2D eigenvalue weighted by molar-refractivity contribution is 6.32. The molecule has 0 radical (unpaired) electrons. The summed E-state index contributed by atoms with van der Waals surface area (Å²) < 4.78 is 86.5. The van der Waals surface area contributed by atoms with Gasteiger partial charge in [0, 0.05) is 18.8 Å². The Morgan fingerprint density at radius 3 is 2.50 bits per heavy atom. The van der Waals surface area contributed by atoms with Crippen LogP contribution in [0.1, 0.15) is 11.1 Å². The zero-order chi connectivity index (χ0) is 24.5. The van der Waals surface area contributed by atoms with E-state index in [0.717, 1.165) is 24.8 Å². The summed E-state index contributed by atoms with van der Waals surface area (Å²) in [5, 5.41) is 2.43. The van der Waals surface area contributed by atoms with Gasteiger partial charge in [-0.2, -0.15) is 13.2 Å². The number of fused-ring (bicyclic) bond motifs is 1. The number of benzene rings is 2. The van der Waals surface area contributed by atoms with E-state index in [2.05, 4.69) is 20.3 Å². The normalized spacial score (nSPS) is 11.6. The minimum Gasteiger partial charge on any atom is -0.454 e. The largest absolute Gasteiger partial charge is 0.454 e. The number of pyridine rings is 1. The number of alkyl halides is 3. The summed E-state index contributed by atoms with van der Waals surface area (Å²) in [5.41, 5.74) is -0.707. The molecule has 0 saturated heterocycles. The lowest BCUT2D eigenvalue weighted by Gasteiger charge is -2.14. The molecule has 4 rings (SSSR count). The summed E-state index contributed by atoms with van der Waals surface area (Å²) in [6.45, 7) is 0.168. The van der Waals surface area contributed by atoms with E-state index >= 15 is 0 Å². The first kappa shape index (κ1) is 23.6. The monoisotopic (exact) mass is 498 g/mol. The van der Waals surface area contributed by atoms with E-state index in [1.807, 2.05) is 0 Å². The molecule has 5 nitrogen and oxygen atoms in total. The van der Waals surface area contributed by atoms with Gasteiger partial charge in [0.15, 0.2) is 23.2 Å². The number of nitrogens with one attached hydrogen (secondary N) is 1. The van der Waals surface area contributed by atoms with Gasteiger partial charge in [-0.3, -0.25) is 4.98 Å². The van der Waals surface area contributed by atoms with Gasteiger partial charge in [-0.1, -0.05) is 17.7 Å². The first-order valence-corrected chi connectivity index (χ1v) is 10.0. The first-order valence-electron chi connectivity index (χ1n) is 9.64. The summed E-state index contributed by atoms with van der Waals surface area (Å²) in [7, 11) is 0. The maximum Gasteiger partial charge on any atom is 0.420 e. The molecule has 0 aliphatic heterocycles. The number of hydrogen-bond acceptors (Lipinski definition) is 5. The van der Waals surface area contributed by atoms with Crippen molar-refractivity contribution in [1.29, 1.82) is 0 Å². The summed E-state index contributed by atoms with van der Waals surface area (Å²) in [6.07, 6.45) is -1.36. The maximum atomic E-state index is 14.2. The van der Waals surface area contributed by atoms with E-state index in [9.17, 15) is 26.3 Å². The zero-order valence-corrected chi connectivity index (χ0v) is 17.7. The third-order valence-corrected chi connectivity index (χ3v) is 5.06. The molecule has 34 heavy (non-hydrogen) atoms. The van der Waals surface area contributed by atoms with Crippen molar-refractivity contribution in [2.45, 2.75) is 12.6 Å². The van der Waals surface area contributed by atoms with Crippen LogP contribution in [0.4, 0.5) is 32.2 Å². The summed E-state index contributed by atoms with van der Waals surface area (Å²) in [4.78, 5) is 11.1. The molecular weight excluding hydrogens is 486 g/mol. The van der Waals surface area contributed by atoms with Crippen LogP contribution in [-0.4, -0.2) is 21.5 Å². The van der Waals surface area contributed by atoms with Crippen molar-refractivity contribution in [3.05, 3.63) is 82.7 Å². The van der Waals surface area contributed by atoms with Gasteiger partial charge >= 0.3 is 6.18 Å². The second kappa shape index (κ2) is 9.34. The molecule has 2 aromatic heterocycles. The van der Waals surface area contributed by atoms with Crippen LogP contribution in [0.3, 0.4) is 0 Å². The highest BCUT2D eigenvalue weighted by Gasteiger charge is 2.34. The third-order valence-electron chi connectivity index (χ3n) is 4.77. The molecule has 1 N–H and O–H groups in total. The van der Waals surface area contributed by atoms with Crippen molar-refractivity contribution >= 4 is 28.3 Å². The fourth-order valence-corrected chi connectivity index (χ4v) is 3.43. The molecule has 0 aliphatic rings. The number of ether oxygens (including phenoxy) is 1. The highest BCUT2D eigenvalue weighted by Crippen LogP contribution is 2.39. The predicted molar refractivity (Wildman–Crippen MR) is 112 cm³/mol. The predicted octanol–water partition coefficient (Wildman–Crippen LogP) is 6.56. The van der Waals surface area contributed by atoms with Crippen LogP contribution < -0.4 is 10.1 Å². The Kier molecular flexibility index (Phi) is 6.47. The van der Waals surface area contributed by atoms with Gasteiger partial charge in [0.25, 0.3) is 0 Å². The van der Waals surface area contributed by atoms with Gasteiger partial charge in [-0.15, -0.1) is 0 Å². The minimum absolute atomic E-state index is 0.00769. The minimum atomic E-state index is -4.63. The average molecular weight is 499 g/mol. The van der Waals surface area contributed by atoms with Crippen LogP contribution in [-0.2, 0) is 12.6 Å². The molecule has 0 fully saturated rings. The van der Waals surface area contributed by atoms with E-state index in [1.54, 1.807) is 6.07 Å². The van der Waals surface area contributed by atoms with Crippen molar-refractivity contribution in [3.8, 4) is 11.5 Å². The average Bonchev–Trinajstić information content (AvgIpc) is 2.79. The summed E-state index contributed by atoms with van der Waals surface area (Å²) in [6, 6.07) is 5.66.